The van der Waals surface area contributed by atoms with Crippen LogP contribution in [-0.4, -0.2) is 61.7 Å². The molecule has 0 aliphatic carbocycles. The third-order valence-electron chi connectivity index (χ3n) is 7.25. The summed E-state index contributed by atoms with van der Waals surface area (Å²) in [5.41, 5.74) is 3.32. The van der Waals surface area contributed by atoms with Gasteiger partial charge in [-0.25, -0.2) is 9.37 Å². The summed E-state index contributed by atoms with van der Waals surface area (Å²) in [4.78, 5) is 30.1. The van der Waals surface area contributed by atoms with E-state index in [1.54, 1.807) is 19.2 Å². The minimum atomic E-state index is -0.284. The molecule has 0 unspecified atom stereocenters. The number of rotatable bonds is 7. The van der Waals surface area contributed by atoms with Gasteiger partial charge in [0.1, 0.15) is 16.9 Å². The lowest BCUT2D eigenvalue weighted by atomic mass is 10.1. The zero-order chi connectivity index (χ0) is 26.1. The fourth-order valence-electron chi connectivity index (χ4n) is 4.97. The summed E-state index contributed by atoms with van der Waals surface area (Å²) >= 11 is 0. The van der Waals surface area contributed by atoms with E-state index < -0.39 is 0 Å². The highest BCUT2D eigenvalue weighted by Gasteiger charge is 2.24. The van der Waals surface area contributed by atoms with E-state index in [2.05, 4.69) is 29.0 Å². The SMILES string of the molecule is CCC(CC)n1ncc2nc(N3CCN(C(C)=O)CC3)nc(N[C@@H](C)c3cnc4ccc(F)cc4c3)c21. The molecule has 0 saturated carbocycles. The number of benzene rings is 1. The lowest BCUT2D eigenvalue weighted by Crippen LogP contribution is -2.48. The van der Waals surface area contributed by atoms with Gasteiger partial charge in [0, 0.05) is 44.7 Å². The van der Waals surface area contributed by atoms with Gasteiger partial charge in [-0.3, -0.25) is 14.5 Å². The van der Waals surface area contributed by atoms with Gasteiger partial charge < -0.3 is 15.1 Å². The van der Waals surface area contributed by atoms with Crippen LogP contribution in [0, 0.1) is 5.82 Å². The predicted molar refractivity (Wildman–Crippen MR) is 143 cm³/mol. The molecule has 1 aliphatic rings. The van der Waals surface area contributed by atoms with Crippen molar-refractivity contribution >= 4 is 39.6 Å². The summed E-state index contributed by atoms with van der Waals surface area (Å²) in [6.07, 6.45) is 5.51. The molecule has 4 heterocycles. The van der Waals surface area contributed by atoms with Gasteiger partial charge in [-0.05, 0) is 49.6 Å². The Morgan fingerprint density at radius 3 is 2.51 bits per heavy atom. The summed E-state index contributed by atoms with van der Waals surface area (Å²) < 4.78 is 15.9. The third-order valence-corrected chi connectivity index (χ3v) is 7.25. The van der Waals surface area contributed by atoms with Crippen LogP contribution in [0.25, 0.3) is 21.9 Å². The van der Waals surface area contributed by atoms with E-state index in [1.807, 2.05) is 28.8 Å². The molecule has 37 heavy (non-hydrogen) atoms. The Morgan fingerprint density at radius 1 is 1.05 bits per heavy atom. The molecule has 1 fully saturated rings. The smallest absolute Gasteiger partial charge is 0.228 e. The van der Waals surface area contributed by atoms with Gasteiger partial charge in [0.2, 0.25) is 11.9 Å². The normalized spacial score (nSPS) is 15.1. The van der Waals surface area contributed by atoms with Crippen LogP contribution in [0.4, 0.5) is 16.2 Å². The molecule has 1 atom stereocenters. The molecule has 0 spiro atoms. The number of nitrogens with one attached hydrogen (secondary N) is 1. The second-order valence-corrected chi connectivity index (χ2v) is 9.63. The summed E-state index contributed by atoms with van der Waals surface area (Å²) in [7, 11) is 0. The maximum Gasteiger partial charge on any atom is 0.228 e. The van der Waals surface area contributed by atoms with Gasteiger partial charge >= 0.3 is 0 Å². The minimum absolute atomic E-state index is 0.0857. The number of carbonyl (C=O) groups excluding carboxylic acids is 1. The maximum atomic E-state index is 13.8. The summed E-state index contributed by atoms with van der Waals surface area (Å²) in [6, 6.07) is 6.65. The third kappa shape index (κ3) is 4.92. The summed E-state index contributed by atoms with van der Waals surface area (Å²) in [5, 5.41) is 9.03. The Morgan fingerprint density at radius 2 is 1.81 bits per heavy atom. The molecule has 3 aromatic heterocycles. The van der Waals surface area contributed by atoms with Crippen molar-refractivity contribution in [3.8, 4) is 0 Å². The Hall–Kier alpha value is -3.82. The molecule has 1 amide bonds. The van der Waals surface area contributed by atoms with Gasteiger partial charge in [0.05, 0.1) is 23.8 Å². The number of fused-ring (bicyclic) bond motifs is 2. The van der Waals surface area contributed by atoms with Gasteiger partial charge in [0.25, 0.3) is 0 Å². The highest BCUT2D eigenvalue weighted by molar-refractivity contribution is 5.87. The average Bonchev–Trinajstić information content (AvgIpc) is 3.33. The number of carbonyl (C=O) groups is 1. The zero-order valence-electron chi connectivity index (χ0n) is 21.8. The highest BCUT2D eigenvalue weighted by atomic mass is 19.1. The largest absolute Gasteiger partial charge is 0.362 e. The van der Waals surface area contributed by atoms with Crippen molar-refractivity contribution < 1.29 is 9.18 Å². The lowest BCUT2D eigenvalue weighted by Gasteiger charge is -2.34. The van der Waals surface area contributed by atoms with E-state index in [9.17, 15) is 9.18 Å². The Balaban J connectivity index is 1.52. The quantitative estimate of drug-likeness (QED) is 0.389. The fraction of sp³-hybridized carbons (Fsp3) is 0.444. The van der Waals surface area contributed by atoms with E-state index in [4.69, 9.17) is 15.1 Å². The van der Waals surface area contributed by atoms with E-state index in [1.165, 1.54) is 12.1 Å². The number of halogens is 1. The first-order valence-electron chi connectivity index (χ1n) is 12.9. The van der Waals surface area contributed by atoms with Crippen LogP contribution in [-0.2, 0) is 4.79 Å². The molecule has 5 rings (SSSR count). The second kappa shape index (κ2) is 10.3. The second-order valence-electron chi connectivity index (χ2n) is 9.63. The van der Waals surface area contributed by atoms with E-state index in [0.717, 1.165) is 40.3 Å². The van der Waals surface area contributed by atoms with Crippen LogP contribution in [0.5, 0.6) is 0 Å². The van der Waals surface area contributed by atoms with Crippen LogP contribution in [0.1, 0.15) is 58.2 Å². The number of piperazine rings is 1. The monoisotopic (exact) mass is 504 g/mol. The van der Waals surface area contributed by atoms with E-state index >= 15 is 0 Å². The van der Waals surface area contributed by atoms with Crippen molar-refractivity contribution in [3.63, 3.8) is 0 Å². The molecular formula is C27H33FN8O. The number of aromatic nitrogens is 5. The molecule has 1 saturated heterocycles. The molecule has 4 aromatic rings. The molecule has 9 nitrogen and oxygen atoms in total. The number of nitrogens with zero attached hydrogens (tertiary/aromatic N) is 7. The Bertz CT molecular complexity index is 1420. The van der Waals surface area contributed by atoms with Crippen molar-refractivity contribution in [2.75, 3.05) is 36.4 Å². The predicted octanol–water partition coefficient (Wildman–Crippen LogP) is 4.72. The van der Waals surface area contributed by atoms with Gasteiger partial charge in [-0.15, -0.1) is 0 Å². The van der Waals surface area contributed by atoms with Crippen LogP contribution in [0.2, 0.25) is 0 Å². The number of amides is 1. The Kier molecular flexibility index (Phi) is 6.90. The molecule has 0 bridgehead atoms. The van der Waals surface area contributed by atoms with Crippen LogP contribution in [0.15, 0.2) is 36.7 Å². The standard InChI is InChI=1S/C27H33FN8O/c1-5-22(6-2)36-25-24(16-30-36)32-27(35-11-9-34(10-12-35)18(4)37)33-26(25)31-17(3)20-13-19-14-21(28)7-8-23(19)29-15-20/h7-8,13-17,22H,5-6,9-12H2,1-4H3,(H,31,32,33)/t17-/m0/s1. The number of hydrogen-bond donors (Lipinski definition) is 1. The van der Waals surface area contributed by atoms with Crippen molar-refractivity contribution in [1.29, 1.82) is 0 Å². The number of hydrogen-bond acceptors (Lipinski definition) is 7. The van der Waals surface area contributed by atoms with Crippen molar-refractivity contribution in [2.24, 2.45) is 0 Å². The summed E-state index contributed by atoms with van der Waals surface area (Å²) in [6.45, 7) is 10.6. The first-order valence-corrected chi connectivity index (χ1v) is 12.9. The van der Waals surface area contributed by atoms with Crippen molar-refractivity contribution in [1.82, 2.24) is 29.6 Å². The van der Waals surface area contributed by atoms with Crippen LogP contribution in [0.3, 0.4) is 0 Å². The zero-order valence-corrected chi connectivity index (χ0v) is 21.8. The highest BCUT2D eigenvalue weighted by Crippen LogP contribution is 2.31. The van der Waals surface area contributed by atoms with E-state index in [-0.39, 0.29) is 23.8 Å². The van der Waals surface area contributed by atoms with Crippen LogP contribution >= 0.6 is 0 Å². The average molecular weight is 505 g/mol. The molecule has 1 N–H and O–H groups in total. The minimum Gasteiger partial charge on any atom is -0.362 e. The fourth-order valence-corrected chi connectivity index (χ4v) is 4.97. The molecular weight excluding hydrogens is 471 g/mol. The Labute approximate surface area is 215 Å². The van der Waals surface area contributed by atoms with Crippen molar-refractivity contribution in [3.05, 3.63) is 48.0 Å². The van der Waals surface area contributed by atoms with Gasteiger partial charge in [-0.1, -0.05) is 13.8 Å². The summed E-state index contributed by atoms with van der Waals surface area (Å²) in [5.74, 6) is 1.12. The van der Waals surface area contributed by atoms with Crippen LogP contribution < -0.4 is 10.2 Å². The molecule has 1 aliphatic heterocycles. The molecule has 194 valence electrons. The van der Waals surface area contributed by atoms with Gasteiger partial charge in [0.15, 0.2) is 5.82 Å². The topological polar surface area (TPSA) is 92.1 Å². The molecule has 10 heteroatoms. The first kappa shape index (κ1) is 24.9. The van der Waals surface area contributed by atoms with E-state index in [0.29, 0.717) is 37.9 Å². The van der Waals surface area contributed by atoms with Crippen molar-refractivity contribution in [2.45, 2.75) is 52.6 Å². The maximum absolute atomic E-state index is 13.8. The number of pyridine rings is 1. The molecule has 1 aromatic carbocycles. The molecule has 0 radical (unpaired) electrons. The van der Waals surface area contributed by atoms with Gasteiger partial charge in [-0.2, -0.15) is 10.1 Å². The number of anilines is 2. The first-order chi connectivity index (χ1) is 17.9. The lowest BCUT2D eigenvalue weighted by molar-refractivity contribution is -0.129.